The summed E-state index contributed by atoms with van der Waals surface area (Å²) in [5, 5.41) is 26.5. The molecule has 0 aliphatic carbocycles. The van der Waals surface area contributed by atoms with Crippen LogP contribution < -0.4 is 74.9 Å². The third-order valence-corrected chi connectivity index (χ3v) is 8.89. The Kier molecular flexibility index (Phi) is 12.7. The van der Waals surface area contributed by atoms with Gasteiger partial charge in [-0.25, -0.2) is 21.0 Å². The molecule has 2 heterocycles. The second-order valence-corrected chi connectivity index (χ2v) is 13.8. The first kappa shape index (κ1) is 38.9. The maximum absolute atomic E-state index is 12.8. The van der Waals surface area contributed by atoms with Gasteiger partial charge < -0.3 is 20.3 Å². The van der Waals surface area contributed by atoms with Crippen LogP contribution in [0.3, 0.4) is 0 Å². The molecular formula is C23H17ClN8Na2O10S3. The van der Waals surface area contributed by atoms with Gasteiger partial charge in [-0.1, -0.05) is 5.75 Å². The van der Waals surface area contributed by atoms with Crippen LogP contribution in [0.1, 0.15) is 0 Å². The molecule has 0 saturated carbocycles. The number of hydrogen-bond acceptors (Lipinski definition) is 16. The SMILES string of the molecule is O=S(=O)(O)OCCS(=O)(=O)c1ccc(Nc2nc(Cl)nc(Nc3ccc(-n4nc5ccc(S(=O)(=O)[O-])cc5n4)c([O-])c3)n2)cc1.[Na+].[Na+]. The molecule has 0 spiro atoms. The Hall–Kier alpha value is -2.51. The van der Waals surface area contributed by atoms with Gasteiger partial charge in [0.25, 0.3) is 0 Å². The van der Waals surface area contributed by atoms with E-state index in [4.69, 9.17) is 16.2 Å². The van der Waals surface area contributed by atoms with Gasteiger partial charge in [-0.2, -0.15) is 28.2 Å². The van der Waals surface area contributed by atoms with Gasteiger partial charge in [-0.15, -0.1) is 10.2 Å². The van der Waals surface area contributed by atoms with Crippen molar-refractivity contribution in [1.82, 2.24) is 29.9 Å². The summed E-state index contributed by atoms with van der Waals surface area (Å²) in [6.07, 6.45) is 0. The fourth-order valence-electron chi connectivity index (χ4n) is 3.75. The molecular weight excluding hydrogens is 726 g/mol. The van der Waals surface area contributed by atoms with E-state index in [1.54, 1.807) is 0 Å². The van der Waals surface area contributed by atoms with E-state index in [2.05, 4.69) is 40.0 Å². The van der Waals surface area contributed by atoms with E-state index in [1.807, 2.05) is 0 Å². The van der Waals surface area contributed by atoms with Crippen molar-refractivity contribution in [2.24, 2.45) is 0 Å². The monoisotopic (exact) mass is 742 g/mol. The van der Waals surface area contributed by atoms with Gasteiger partial charge in [0.05, 0.1) is 27.8 Å². The van der Waals surface area contributed by atoms with E-state index >= 15 is 0 Å². The Labute approximate surface area is 316 Å². The van der Waals surface area contributed by atoms with E-state index in [9.17, 15) is 34.9 Å². The molecule has 0 amide bonds. The summed E-state index contributed by atoms with van der Waals surface area (Å²) in [5.41, 5.74) is 0.971. The quantitative estimate of drug-likeness (QED) is 0.0847. The minimum Gasteiger partial charge on any atom is -0.871 e. The van der Waals surface area contributed by atoms with Crippen molar-refractivity contribution in [1.29, 1.82) is 0 Å². The molecule has 3 N–H and O–H groups in total. The largest absolute Gasteiger partial charge is 1.00 e. The molecule has 0 radical (unpaired) electrons. The molecule has 0 atom stereocenters. The van der Waals surface area contributed by atoms with Crippen LogP contribution in [0.5, 0.6) is 5.75 Å². The Bertz CT molecular complexity index is 2260. The zero-order valence-electron chi connectivity index (χ0n) is 24.1. The molecule has 0 aliphatic rings. The first-order chi connectivity index (χ1) is 21.1. The number of fused-ring (bicyclic) bond motifs is 1. The number of halogens is 1. The van der Waals surface area contributed by atoms with Crippen LogP contribution in [0.4, 0.5) is 23.3 Å². The number of anilines is 4. The Morgan fingerprint density at radius 1 is 0.787 bits per heavy atom. The van der Waals surface area contributed by atoms with Crippen LogP contribution in [-0.4, -0.2) is 76.7 Å². The van der Waals surface area contributed by atoms with Gasteiger partial charge in [0.1, 0.15) is 21.2 Å². The van der Waals surface area contributed by atoms with Gasteiger partial charge in [0.15, 0.2) is 9.84 Å². The van der Waals surface area contributed by atoms with E-state index < -0.39 is 53.4 Å². The van der Waals surface area contributed by atoms with Gasteiger partial charge in [0.2, 0.25) is 17.2 Å². The summed E-state index contributed by atoms with van der Waals surface area (Å²) in [4.78, 5) is 12.5. The van der Waals surface area contributed by atoms with Gasteiger partial charge >= 0.3 is 69.5 Å². The van der Waals surface area contributed by atoms with Crippen LogP contribution >= 0.6 is 11.6 Å². The summed E-state index contributed by atoms with van der Waals surface area (Å²) < 4.78 is 92.5. The Balaban J connectivity index is 0.00000300. The van der Waals surface area contributed by atoms with Crippen LogP contribution in [0.15, 0.2) is 70.5 Å². The van der Waals surface area contributed by atoms with Crippen LogP contribution in [0, 0.1) is 0 Å². The summed E-state index contributed by atoms with van der Waals surface area (Å²) in [7, 11) is -13.4. The Morgan fingerprint density at radius 2 is 1.36 bits per heavy atom. The van der Waals surface area contributed by atoms with E-state index in [1.165, 1.54) is 48.5 Å². The van der Waals surface area contributed by atoms with Crippen molar-refractivity contribution >= 4 is 76.3 Å². The van der Waals surface area contributed by atoms with E-state index in [0.717, 1.165) is 16.9 Å². The second-order valence-electron chi connectivity index (χ2n) is 8.87. The predicted molar refractivity (Wildman–Crippen MR) is 154 cm³/mol. The molecule has 0 fully saturated rings. The number of hydrogen-bond donors (Lipinski definition) is 3. The molecule has 236 valence electrons. The maximum atomic E-state index is 12.8. The van der Waals surface area contributed by atoms with Crippen LogP contribution in [-0.2, 0) is 34.5 Å². The minimum absolute atomic E-state index is 0. The number of aromatic nitrogens is 6. The molecule has 5 rings (SSSR count). The molecule has 18 nitrogen and oxygen atoms in total. The first-order valence-electron chi connectivity index (χ1n) is 12.1. The molecule has 2 aromatic heterocycles. The van der Waals surface area contributed by atoms with Crippen LogP contribution in [0.2, 0.25) is 5.28 Å². The molecule has 3 aromatic carbocycles. The topological polar surface area (TPSA) is 271 Å². The summed E-state index contributed by atoms with van der Waals surface area (Å²) in [6.45, 7) is -0.771. The van der Waals surface area contributed by atoms with E-state index in [-0.39, 0.29) is 104 Å². The number of nitrogens with zero attached hydrogens (tertiary/aromatic N) is 6. The molecule has 5 aromatic rings. The van der Waals surface area contributed by atoms with Crippen molar-refractivity contribution in [2.45, 2.75) is 9.79 Å². The molecule has 0 aliphatic heterocycles. The van der Waals surface area contributed by atoms with Crippen molar-refractivity contribution in [3.63, 3.8) is 0 Å². The average Bonchev–Trinajstić information content (AvgIpc) is 3.35. The summed E-state index contributed by atoms with van der Waals surface area (Å²) in [6, 6.07) is 12.8. The van der Waals surface area contributed by atoms with Crippen molar-refractivity contribution in [3.05, 3.63) is 65.9 Å². The van der Waals surface area contributed by atoms with Crippen LogP contribution in [0.25, 0.3) is 16.7 Å². The number of sulfone groups is 1. The molecule has 0 saturated heterocycles. The number of benzene rings is 3. The first-order valence-corrected chi connectivity index (χ1v) is 16.9. The number of rotatable bonds is 11. The fourth-order valence-corrected chi connectivity index (χ4v) is 5.89. The minimum atomic E-state index is -4.78. The third kappa shape index (κ3) is 10.2. The van der Waals surface area contributed by atoms with E-state index in [0.29, 0.717) is 5.69 Å². The third-order valence-electron chi connectivity index (χ3n) is 5.73. The number of nitrogens with one attached hydrogen (secondary N) is 2. The molecule has 0 bridgehead atoms. The maximum Gasteiger partial charge on any atom is 1.00 e. The van der Waals surface area contributed by atoms with Crippen molar-refractivity contribution in [3.8, 4) is 11.4 Å². The molecule has 24 heteroatoms. The summed E-state index contributed by atoms with van der Waals surface area (Å²) >= 11 is 6.03. The smallest absolute Gasteiger partial charge is 0.871 e. The standard InChI is InChI=1S/C23H19ClN8O10S3.2Na/c24-21-27-22(25-13-1-4-15(5-2-13)43(34,35)10-9-42-45(39,40)41)29-23(28-21)26-14-3-8-19(20(33)11-14)32-30-17-7-6-16(44(36,37)38)12-18(17)31-32;;/h1-8,11-12,33H,9-10H2,(H,36,37,38)(H,39,40,41)(H2,25,26,27,28,29);;/q;2*+1/p-2. The zero-order valence-corrected chi connectivity index (χ0v) is 31.3. The Morgan fingerprint density at radius 3 is 1.96 bits per heavy atom. The average molecular weight is 743 g/mol. The zero-order chi connectivity index (χ0) is 32.6. The fraction of sp³-hybridized carbons (Fsp3) is 0.0870. The summed E-state index contributed by atoms with van der Waals surface area (Å²) in [5.74, 6) is -1.33. The van der Waals surface area contributed by atoms with Gasteiger partial charge in [0, 0.05) is 11.4 Å². The normalized spacial score (nSPS) is 11.8. The van der Waals surface area contributed by atoms with Gasteiger partial charge in [-0.3, -0.25) is 4.55 Å². The van der Waals surface area contributed by atoms with Crippen molar-refractivity contribution < 1.29 is 103 Å². The second kappa shape index (κ2) is 15.4. The van der Waals surface area contributed by atoms with Crippen molar-refractivity contribution in [2.75, 3.05) is 23.0 Å². The van der Waals surface area contributed by atoms with Gasteiger partial charge in [-0.05, 0) is 72.3 Å². The molecule has 0 unspecified atom stereocenters. The molecule has 47 heavy (non-hydrogen) atoms. The predicted octanol–water partition coefficient (Wildman–Crippen LogP) is -4.68.